The van der Waals surface area contributed by atoms with Crippen molar-refractivity contribution in [3.63, 3.8) is 0 Å². The number of rotatable bonds is 3. The number of hydrogen-bond acceptors (Lipinski definition) is 2. The van der Waals surface area contributed by atoms with Crippen LogP contribution in [-0.2, 0) is 12.0 Å². The van der Waals surface area contributed by atoms with Gasteiger partial charge in [0.05, 0.1) is 11.1 Å². The molecule has 106 valence electrons. The zero-order chi connectivity index (χ0) is 14.9. The first-order chi connectivity index (χ1) is 10.0. The molecule has 21 heavy (non-hydrogen) atoms. The van der Waals surface area contributed by atoms with Crippen LogP contribution >= 0.6 is 11.6 Å². The van der Waals surface area contributed by atoms with Crippen LogP contribution in [0.5, 0.6) is 0 Å². The monoisotopic (exact) mass is 297 g/mol. The predicted octanol–water partition coefficient (Wildman–Crippen LogP) is 4.34. The van der Waals surface area contributed by atoms with Crippen molar-refractivity contribution < 1.29 is 5.11 Å². The van der Waals surface area contributed by atoms with E-state index >= 15 is 0 Å². The normalized spacial score (nSPS) is 14.0. The van der Waals surface area contributed by atoms with Gasteiger partial charge >= 0.3 is 0 Å². The SMILES string of the molecule is CC(O)(Cc1ccc(Cl)cc1)c1ccc2ncccc2c1. The summed E-state index contributed by atoms with van der Waals surface area (Å²) in [5.74, 6) is 0. The number of hydrogen-bond donors (Lipinski definition) is 1. The molecule has 3 rings (SSSR count). The Morgan fingerprint density at radius 2 is 1.86 bits per heavy atom. The highest BCUT2D eigenvalue weighted by Crippen LogP contribution is 2.28. The molecule has 1 N–H and O–H groups in total. The summed E-state index contributed by atoms with van der Waals surface area (Å²) in [5, 5.41) is 12.6. The lowest BCUT2D eigenvalue weighted by atomic mass is 9.88. The van der Waals surface area contributed by atoms with E-state index < -0.39 is 5.60 Å². The van der Waals surface area contributed by atoms with Gasteiger partial charge in [-0.05, 0) is 48.4 Å². The minimum absolute atomic E-state index is 0.538. The van der Waals surface area contributed by atoms with Crippen LogP contribution in [0.15, 0.2) is 60.8 Å². The summed E-state index contributed by atoms with van der Waals surface area (Å²) >= 11 is 5.90. The zero-order valence-electron chi connectivity index (χ0n) is 11.8. The van der Waals surface area contributed by atoms with Gasteiger partial charge < -0.3 is 5.11 Å². The Balaban J connectivity index is 1.93. The number of fused-ring (bicyclic) bond motifs is 1. The molecule has 0 fully saturated rings. The molecule has 0 bridgehead atoms. The van der Waals surface area contributed by atoms with Crippen molar-refractivity contribution in [2.75, 3.05) is 0 Å². The van der Waals surface area contributed by atoms with Crippen LogP contribution in [0.4, 0.5) is 0 Å². The highest BCUT2D eigenvalue weighted by atomic mass is 35.5. The van der Waals surface area contributed by atoms with E-state index in [0.29, 0.717) is 11.4 Å². The molecule has 0 aliphatic rings. The Morgan fingerprint density at radius 3 is 2.62 bits per heavy atom. The van der Waals surface area contributed by atoms with E-state index in [0.717, 1.165) is 22.0 Å². The molecule has 0 spiro atoms. The molecule has 1 aromatic heterocycles. The predicted molar refractivity (Wildman–Crippen MR) is 86.5 cm³/mol. The summed E-state index contributed by atoms with van der Waals surface area (Å²) in [5.41, 5.74) is 1.94. The number of halogens is 1. The fourth-order valence-corrected chi connectivity index (χ4v) is 2.64. The van der Waals surface area contributed by atoms with Crippen molar-refractivity contribution >= 4 is 22.5 Å². The molecule has 0 saturated heterocycles. The molecule has 0 aliphatic heterocycles. The average Bonchev–Trinajstić information content (AvgIpc) is 2.49. The molecule has 1 atom stereocenters. The van der Waals surface area contributed by atoms with E-state index in [1.54, 1.807) is 6.20 Å². The number of benzene rings is 2. The van der Waals surface area contributed by atoms with Gasteiger partial charge in [-0.2, -0.15) is 0 Å². The van der Waals surface area contributed by atoms with Crippen molar-refractivity contribution in [3.8, 4) is 0 Å². The molecule has 3 heteroatoms. The van der Waals surface area contributed by atoms with Crippen LogP contribution in [0.1, 0.15) is 18.1 Å². The van der Waals surface area contributed by atoms with Crippen LogP contribution in [0, 0.1) is 0 Å². The second-order valence-electron chi connectivity index (χ2n) is 5.49. The van der Waals surface area contributed by atoms with Gasteiger partial charge in [0, 0.05) is 23.0 Å². The van der Waals surface area contributed by atoms with Crippen molar-refractivity contribution in [3.05, 3.63) is 76.9 Å². The molecular formula is C18H16ClNO. The van der Waals surface area contributed by atoms with Gasteiger partial charge in [-0.3, -0.25) is 4.98 Å². The first-order valence-corrected chi connectivity index (χ1v) is 7.24. The van der Waals surface area contributed by atoms with Crippen LogP contribution in [0.3, 0.4) is 0 Å². The second-order valence-corrected chi connectivity index (χ2v) is 5.92. The van der Waals surface area contributed by atoms with E-state index in [-0.39, 0.29) is 0 Å². The highest BCUT2D eigenvalue weighted by Gasteiger charge is 2.23. The minimum Gasteiger partial charge on any atom is -0.385 e. The molecule has 2 nitrogen and oxygen atoms in total. The Bertz CT molecular complexity index is 766. The third-order valence-corrected chi connectivity index (χ3v) is 3.94. The highest BCUT2D eigenvalue weighted by molar-refractivity contribution is 6.30. The molecule has 3 aromatic rings. The maximum absolute atomic E-state index is 10.8. The molecular weight excluding hydrogens is 282 g/mol. The second kappa shape index (κ2) is 5.47. The number of aromatic nitrogens is 1. The first-order valence-electron chi connectivity index (χ1n) is 6.87. The van der Waals surface area contributed by atoms with Crippen molar-refractivity contribution in [1.82, 2.24) is 4.98 Å². The summed E-state index contributed by atoms with van der Waals surface area (Å²) in [6.45, 7) is 1.83. The van der Waals surface area contributed by atoms with Crippen molar-refractivity contribution in [2.24, 2.45) is 0 Å². The van der Waals surface area contributed by atoms with Crippen LogP contribution in [-0.4, -0.2) is 10.1 Å². The van der Waals surface area contributed by atoms with Crippen LogP contribution in [0.25, 0.3) is 10.9 Å². The van der Waals surface area contributed by atoms with Gasteiger partial charge in [0.2, 0.25) is 0 Å². The van der Waals surface area contributed by atoms with Gasteiger partial charge in [-0.1, -0.05) is 35.9 Å². The van der Waals surface area contributed by atoms with E-state index in [1.807, 2.05) is 61.5 Å². The van der Waals surface area contributed by atoms with Crippen LogP contribution < -0.4 is 0 Å². The molecule has 0 saturated carbocycles. The fourth-order valence-electron chi connectivity index (χ4n) is 2.51. The average molecular weight is 298 g/mol. The van der Waals surface area contributed by atoms with Gasteiger partial charge in [-0.15, -0.1) is 0 Å². The third-order valence-electron chi connectivity index (χ3n) is 3.69. The van der Waals surface area contributed by atoms with E-state index in [2.05, 4.69) is 4.98 Å². The van der Waals surface area contributed by atoms with Crippen molar-refractivity contribution in [2.45, 2.75) is 18.9 Å². The van der Waals surface area contributed by atoms with Gasteiger partial charge in [0.1, 0.15) is 0 Å². The number of nitrogens with zero attached hydrogens (tertiary/aromatic N) is 1. The van der Waals surface area contributed by atoms with Crippen LogP contribution in [0.2, 0.25) is 5.02 Å². The van der Waals surface area contributed by atoms with E-state index in [1.165, 1.54) is 0 Å². The Morgan fingerprint density at radius 1 is 1.10 bits per heavy atom. The standard InChI is InChI=1S/C18H16ClNO/c1-18(21,12-13-4-7-16(19)8-5-13)15-6-9-17-14(11-15)3-2-10-20-17/h2-11,21H,12H2,1H3. The molecule has 0 radical (unpaired) electrons. The van der Waals surface area contributed by atoms with E-state index in [4.69, 9.17) is 11.6 Å². The lowest BCUT2D eigenvalue weighted by Crippen LogP contribution is -2.24. The Kier molecular flexibility index (Phi) is 3.66. The summed E-state index contributed by atoms with van der Waals surface area (Å²) < 4.78 is 0. The zero-order valence-corrected chi connectivity index (χ0v) is 12.5. The van der Waals surface area contributed by atoms with Gasteiger partial charge in [0.15, 0.2) is 0 Å². The van der Waals surface area contributed by atoms with Gasteiger partial charge in [-0.25, -0.2) is 0 Å². The summed E-state index contributed by atoms with van der Waals surface area (Å²) in [7, 11) is 0. The smallest absolute Gasteiger partial charge is 0.0908 e. The molecule has 0 aliphatic carbocycles. The van der Waals surface area contributed by atoms with Gasteiger partial charge in [0.25, 0.3) is 0 Å². The summed E-state index contributed by atoms with van der Waals surface area (Å²) in [6, 6.07) is 17.4. The largest absolute Gasteiger partial charge is 0.385 e. The molecule has 0 amide bonds. The lowest BCUT2D eigenvalue weighted by Gasteiger charge is -2.24. The van der Waals surface area contributed by atoms with Crippen molar-refractivity contribution in [1.29, 1.82) is 0 Å². The number of aliphatic hydroxyl groups is 1. The minimum atomic E-state index is -0.933. The molecule has 1 unspecified atom stereocenters. The quantitative estimate of drug-likeness (QED) is 0.780. The lowest BCUT2D eigenvalue weighted by molar-refractivity contribution is 0.0577. The summed E-state index contributed by atoms with van der Waals surface area (Å²) in [6.07, 6.45) is 2.31. The Hall–Kier alpha value is -1.90. The topological polar surface area (TPSA) is 33.1 Å². The molecule has 2 aromatic carbocycles. The maximum atomic E-state index is 10.8. The summed E-state index contributed by atoms with van der Waals surface area (Å²) in [4.78, 5) is 4.30. The first kappa shape index (κ1) is 14.1. The number of pyridine rings is 1. The Labute approximate surface area is 129 Å². The third kappa shape index (κ3) is 3.07. The van der Waals surface area contributed by atoms with E-state index in [9.17, 15) is 5.11 Å². The maximum Gasteiger partial charge on any atom is 0.0908 e. The fraction of sp³-hybridized carbons (Fsp3) is 0.167. The molecule has 1 heterocycles.